The van der Waals surface area contributed by atoms with Crippen molar-refractivity contribution < 1.29 is 13.7 Å². The highest BCUT2D eigenvalue weighted by molar-refractivity contribution is 5.93. The summed E-state index contributed by atoms with van der Waals surface area (Å²) >= 11 is 0. The lowest BCUT2D eigenvalue weighted by molar-refractivity contribution is 0.0942. The Morgan fingerprint density at radius 3 is 2.70 bits per heavy atom. The number of hydrogen-bond donors (Lipinski definition) is 1. The van der Waals surface area contributed by atoms with Crippen LogP contribution in [0.5, 0.6) is 0 Å². The number of halogens is 1. The number of nitrogens with one attached hydrogen (secondary N) is 1. The van der Waals surface area contributed by atoms with Gasteiger partial charge in [0, 0.05) is 18.2 Å². The summed E-state index contributed by atoms with van der Waals surface area (Å²) in [5.41, 5.74) is 2.25. The first kappa shape index (κ1) is 15.0. The second-order valence-corrected chi connectivity index (χ2v) is 5.21. The maximum Gasteiger partial charge on any atom is 0.273 e. The van der Waals surface area contributed by atoms with Crippen LogP contribution in [-0.2, 0) is 6.54 Å². The molecule has 0 aliphatic heterocycles. The highest BCUT2D eigenvalue weighted by atomic mass is 19.1. The van der Waals surface area contributed by atoms with Crippen LogP contribution in [0.2, 0.25) is 0 Å². The number of carbonyl (C=O) groups excluding carboxylic acids is 1. The average molecular weight is 310 g/mol. The molecule has 1 aromatic heterocycles. The molecule has 23 heavy (non-hydrogen) atoms. The van der Waals surface area contributed by atoms with Crippen molar-refractivity contribution in [2.75, 3.05) is 0 Å². The third-order valence-electron chi connectivity index (χ3n) is 3.50. The molecule has 1 heterocycles. The summed E-state index contributed by atoms with van der Waals surface area (Å²) in [4.78, 5) is 12.1. The second-order valence-electron chi connectivity index (χ2n) is 5.21. The van der Waals surface area contributed by atoms with Crippen LogP contribution in [0, 0.1) is 12.7 Å². The molecule has 3 rings (SSSR count). The third kappa shape index (κ3) is 3.45. The topological polar surface area (TPSA) is 55.1 Å². The smallest absolute Gasteiger partial charge is 0.273 e. The van der Waals surface area contributed by atoms with E-state index in [-0.39, 0.29) is 17.4 Å². The summed E-state index contributed by atoms with van der Waals surface area (Å²) in [7, 11) is 0. The molecule has 0 saturated carbocycles. The van der Waals surface area contributed by atoms with Gasteiger partial charge in [0.25, 0.3) is 5.91 Å². The largest absolute Gasteiger partial charge is 0.355 e. The number of aryl methyl sites for hydroxylation is 1. The summed E-state index contributed by atoms with van der Waals surface area (Å²) in [5, 5.41) is 6.51. The highest BCUT2D eigenvalue weighted by Gasteiger charge is 2.14. The van der Waals surface area contributed by atoms with Gasteiger partial charge >= 0.3 is 0 Å². The van der Waals surface area contributed by atoms with Crippen LogP contribution in [-0.4, -0.2) is 11.1 Å². The zero-order valence-electron chi connectivity index (χ0n) is 12.5. The van der Waals surface area contributed by atoms with Gasteiger partial charge < -0.3 is 9.84 Å². The Labute approximate surface area is 132 Å². The number of aromatic nitrogens is 1. The van der Waals surface area contributed by atoms with Gasteiger partial charge in [0.2, 0.25) is 0 Å². The fraction of sp³-hybridized carbons (Fsp3) is 0.111. The first-order valence-electron chi connectivity index (χ1n) is 7.19. The van der Waals surface area contributed by atoms with Crippen molar-refractivity contribution in [3.05, 3.63) is 77.2 Å². The Balaban J connectivity index is 1.71. The molecule has 2 aromatic carbocycles. The first-order chi connectivity index (χ1) is 11.1. The van der Waals surface area contributed by atoms with Crippen LogP contribution in [0.3, 0.4) is 0 Å². The van der Waals surface area contributed by atoms with Gasteiger partial charge in [0.15, 0.2) is 11.5 Å². The molecule has 5 heteroatoms. The number of nitrogens with zero attached hydrogens (tertiary/aromatic N) is 1. The van der Waals surface area contributed by atoms with E-state index in [0.29, 0.717) is 23.4 Å². The summed E-state index contributed by atoms with van der Waals surface area (Å²) in [6.07, 6.45) is 0. The van der Waals surface area contributed by atoms with E-state index in [9.17, 15) is 9.18 Å². The maximum atomic E-state index is 13.6. The molecule has 0 spiro atoms. The quantitative estimate of drug-likeness (QED) is 0.799. The van der Waals surface area contributed by atoms with E-state index in [2.05, 4.69) is 10.5 Å². The molecule has 3 aromatic rings. The van der Waals surface area contributed by atoms with Gasteiger partial charge in [-0.15, -0.1) is 0 Å². The van der Waals surface area contributed by atoms with Crippen molar-refractivity contribution in [3.8, 4) is 11.3 Å². The van der Waals surface area contributed by atoms with Crippen molar-refractivity contribution in [1.29, 1.82) is 0 Å². The number of hydrogen-bond acceptors (Lipinski definition) is 3. The molecule has 116 valence electrons. The molecule has 4 nitrogen and oxygen atoms in total. The van der Waals surface area contributed by atoms with Gasteiger partial charge in [-0.1, -0.05) is 47.6 Å². The van der Waals surface area contributed by atoms with E-state index in [1.54, 1.807) is 19.1 Å². The Hall–Kier alpha value is -2.95. The molecular formula is C18H15FN2O2. The minimum absolute atomic E-state index is 0.164. The Bertz CT molecular complexity index is 828. The van der Waals surface area contributed by atoms with Gasteiger partial charge in [-0.05, 0) is 24.1 Å². The van der Waals surface area contributed by atoms with Crippen LogP contribution >= 0.6 is 0 Å². The van der Waals surface area contributed by atoms with E-state index in [1.807, 2.05) is 30.3 Å². The summed E-state index contributed by atoms with van der Waals surface area (Å²) < 4.78 is 18.7. The van der Waals surface area contributed by atoms with E-state index in [0.717, 1.165) is 5.56 Å². The van der Waals surface area contributed by atoms with Crippen LogP contribution in [0.1, 0.15) is 21.6 Å². The van der Waals surface area contributed by atoms with Gasteiger partial charge in [-0.25, -0.2) is 4.39 Å². The second kappa shape index (κ2) is 6.44. The van der Waals surface area contributed by atoms with Gasteiger partial charge in [-0.3, -0.25) is 4.79 Å². The fourth-order valence-electron chi connectivity index (χ4n) is 2.13. The van der Waals surface area contributed by atoms with Crippen molar-refractivity contribution in [2.24, 2.45) is 0 Å². The lowest BCUT2D eigenvalue weighted by atomic mass is 10.1. The van der Waals surface area contributed by atoms with Crippen molar-refractivity contribution >= 4 is 5.91 Å². The molecule has 0 aliphatic carbocycles. The lowest BCUT2D eigenvalue weighted by Crippen LogP contribution is -2.22. The predicted octanol–water partition coefficient (Wildman–Crippen LogP) is 3.72. The molecule has 0 atom stereocenters. The molecule has 0 unspecified atom stereocenters. The minimum Gasteiger partial charge on any atom is -0.355 e. The average Bonchev–Trinajstić information content (AvgIpc) is 3.06. The molecular weight excluding hydrogens is 295 g/mol. The van der Waals surface area contributed by atoms with Gasteiger partial charge in [0.05, 0.1) is 0 Å². The van der Waals surface area contributed by atoms with Crippen LogP contribution < -0.4 is 5.32 Å². The molecule has 1 N–H and O–H groups in total. The number of carbonyl (C=O) groups is 1. The van der Waals surface area contributed by atoms with Gasteiger partial charge in [-0.2, -0.15) is 0 Å². The van der Waals surface area contributed by atoms with E-state index in [4.69, 9.17) is 4.52 Å². The zero-order chi connectivity index (χ0) is 16.2. The SMILES string of the molecule is Cc1ccc(-c2cc(C(=O)NCc3ccccc3)no2)cc1F. The molecule has 0 bridgehead atoms. The van der Waals surface area contributed by atoms with Crippen LogP contribution in [0.4, 0.5) is 4.39 Å². The Morgan fingerprint density at radius 2 is 1.96 bits per heavy atom. The standard InChI is InChI=1S/C18H15FN2O2/c1-12-7-8-14(9-15(12)19)17-10-16(21-23-17)18(22)20-11-13-5-3-2-4-6-13/h2-10H,11H2,1H3,(H,20,22). The monoisotopic (exact) mass is 310 g/mol. The van der Waals surface area contributed by atoms with Crippen molar-refractivity contribution in [1.82, 2.24) is 10.5 Å². The summed E-state index contributed by atoms with van der Waals surface area (Å²) in [6.45, 7) is 2.09. The van der Waals surface area contributed by atoms with E-state index in [1.165, 1.54) is 12.1 Å². The maximum absolute atomic E-state index is 13.6. The first-order valence-corrected chi connectivity index (χ1v) is 7.19. The molecule has 0 radical (unpaired) electrons. The van der Waals surface area contributed by atoms with E-state index < -0.39 is 0 Å². The molecule has 0 aliphatic rings. The van der Waals surface area contributed by atoms with Crippen LogP contribution in [0.15, 0.2) is 59.1 Å². The molecule has 0 saturated heterocycles. The van der Waals surface area contributed by atoms with Crippen molar-refractivity contribution in [2.45, 2.75) is 13.5 Å². The normalized spacial score (nSPS) is 10.5. The highest BCUT2D eigenvalue weighted by Crippen LogP contribution is 2.22. The fourth-order valence-corrected chi connectivity index (χ4v) is 2.13. The minimum atomic E-state index is -0.337. The van der Waals surface area contributed by atoms with Crippen molar-refractivity contribution in [3.63, 3.8) is 0 Å². The summed E-state index contributed by atoms with van der Waals surface area (Å²) in [6, 6.07) is 15.8. The van der Waals surface area contributed by atoms with Crippen LogP contribution in [0.25, 0.3) is 11.3 Å². The lowest BCUT2D eigenvalue weighted by Gasteiger charge is -2.02. The summed E-state index contributed by atoms with van der Waals surface area (Å²) in [5.74, 6) is -0.306. The molecule has 1 amide bonds. The Morgan fingerprint density at radius 1 is 1.17 bits per heavy atom. The Kier molecular flexibility index (Phi) is 4.19. The number of benzene rings is 2. The third-order valence-corrected chi connectivity index (χ3v) is 3.50. The van der Waals surface area contributed by atoms with E-state index >= 15 is 0 Å². The molecule has 0 fully saturated rings. The number of amides is 1. The zero-order valence-corrected chi connectivity index (χ0v) is 12.5. The predicted molar refractivity (Wildman–Crippen MR) is 84.2 cm³/mol. The number of rotatable bonds is 4. The van der Waals surface area contributed by atoms with Gasteiger partial charge in [0.1, 0.15) is 5.82 Å².